The lowest BCUT2D eigenvalue weighted by Gasteiger charge is -2.24. The number of nitrogens with one attached hydrogen (secondary N) is 1. The number of alkyl halides is 2. The summed E-state index contributed by atoms with van der Waals surface area (Å²) in [6.45, 7) is 0.246. The minimum Gasteiger partial charge on any atom is -0.442 e. The van der Waals surface area contributed by atoms with Crippen molar-refractivity contribution in [2.75, 3.05) is 35.2 Å². The first kappa shape index (κ1) is 19.1. The van der Waals surface area contributed by atoms with E-state index < -0.39 is 34.4 Å². The van der Waals surface area contributed by atoms with Crippen LogP contribution in [0.25, 0.3) is 0 Å². The molecule has 2 heterocycles. The second kappa shape index (κ2) is 7.51. The van der Waals surface area contributed by atoms with E-state index >= 15 is 0 Å². The first-order valence-corrected chi connectivity index (χ1v) is 9.78. The van der Waals surface area contributed by atoms with Gasteiger partial charge in [-0.25, -0.2) is 13.2 Å². The van der Waals surface area contributed by atoms with E-state index in [1.54, 1.807) is 29.2 Å². The van der Waals surface area contributed by atoms with Gasteiger partial charge in [0.15, 0.2) is 9.84 Å². The third kappa shape index (κ3) is 4.54. The molecule has 0 unspecified atom stereocenters. The molecule has 2 aliphatic rings. The Morgan fingerprint density at radius 2 is 1.93 bits per heavy atom. The molecule has 11 heteroatoms. The van der Waals surface area contributed by atoms with E-state index in [0.717, 1.165) is 11.1 Å². The van der Waals surface area contributed by atoms with E-state index in [4.69, 9.17) is 4.74 Å². The number of sulfone groups is 1. The van der Waals surface area contributed by atoms with Crippen LogP contribution >= 0.6 is 0 Å². The van der Waals surface area contributed by atoms with E-state index in [2.05, 4.69) is 0 Å². The van der Waals surface area contributed by atoms with Crippen molar-refractivity contribution in [1.29, 1.82) is 0 Å². The lowest BCUT2D eigenvalue weighted by Crippen LogP contribution is -2.37. The summed E-state index contributed by atoms with van der Waals surface area (Å²) >= 11 is 0. The fourth-order valence-corrected chi connectivity index (χ4v) is 3.62. The number of halogens is 2. The van der Waals surface area contributed by atoms with Crippen LogP contribution in [0.2, 0.25) is 0 Å². The van der Waals surface area contributed by atoms with Crippen LogP contribution in [0.4, 0.5) is 25.0 Å². The van der Waals surface area contributed by atoms with E-state index in [1.165, 1.54) is 11.1 Å². The van der Waals surface area contributed by atoms with Gasteiger partial charge in [-0.3, -0.25) is 9.69 Å². The van der Waals surface area contributed by atoms with E-state index in [-0.39, 0.29) is 18.8 Å². The molecule has 1 atom stereocenters. The molecule has 0 aromatic heterocycles. The summed E-state index contributed by atoms with van der Waals surface area (Å²) in [5.41, 5.74) is 1.30. The summed E-state index contributed by atoms with van der Waals surface area (Å²) in [6.07, 6.45) is -3.00. The Hall–Kier alpha value is -2.69. The normalized spacial score (nSPS) is 21.4. The van der Waals surface area contributed by atoms with Gasteiger partial charge in [-0.05, 0) is 24.3 Å². The van der Waals surface area contributed by atoms with Crippen LogP contribution in [0.15, 0.2) is 35.9 Å². The van der Waals surface area contributed by atoms with Crippen molar-refractivity contribution < 1.29 is 31.5 Å². The quantitative estimate of drug-likeness (QED) is 0.794. The number of cyclic esters (lactones) is 1. The number of amides is 2. The molecule has 3 rings (SSSR count). The molecule has 8 nitrogen and oxygen atoms in total. The van der Waals surface area contributed by atoms with Crippen molar-refractivity contribution in [3.8, 4) is 0 Å². The molecule has 1 aromatic carbocycles. The number of ether oxygens (including phenoxy) is 1. The second-order valence-corrected chi connectivity index (χ2v) is 8.03. The van der Waals surface area contributed by atoms with E-state index in [0.29, 0.717) is 12.2 Å². The Morgan fingerprint density at radius 1 is 1.26 bits per heavy atom. The number of carbonyl (C=O) groups excluding carboxylic acids is 2. The fourth-order valence-electron chi connectivity index (χ4n) is 2.70. The molecular formula is C16H17F2N3O5S. The number of carbonyl (C=O) groups is 2. The second-order valence-electron chi connectivity index (χ2n) is 6.02. The monoisotopic (exact) mass is 401 g/mol. The van der Waals surface area contributed by atoms with Gasteiger partial charge in [-0.1, -0.05) is 0 Å². The highest BCUT2D eigenvalue weighted by molar-refractivity contribution is 7.94. The minimum absolute atomic E-state index is 0.0235. The number of nitrogens with zero attached hydrogens (tertiary/aromatic N) is 2. The molecule has 0 spiro atoms. The van der Waals surface area contributed by atoms with Crippen LogP contribution in [-0.4, -0.2) is 58.3 Å². The summed E-state index contributed by atoms with van der Waals surface area (Å²) in [7, 11) is -3.14. The zero-order valence-corrected chi connectivity index (χ0v) is 14.9. The molecule has 1 aromatic rings. The Bertz CT molecular complexity index is 857. The first-order valence-electron chi connectivity index (χ1n) is 8.07. The molecule has 0 bridgehead atoms. The van der Waals surface area contributed by atoms with Gasteiger partial charge in [0, 0.05) is 29.5 Å². The molecule has 1 saturated heterocycles. The summed E-state index contributed by atoms with van der Waals surface area (Å²) in [5.74, 6) is -1.39. The van der Waals surface area contributed by atoms with Crippen molar-refractivity contribution in [1.82, 2.24) is 5.32 Å². The number of anilines is 2. The molecule has 1 fully saturated rings. The zero-order chi connectivity index (χ0) is 19.6. The van der Waals surface area contributed by atoms with Crippen LogP contribution in [-0.2, 0) is 19.4 Å². The van der Waals surface area contributed by atoms with Crippen molar-refractivity contribution in [2.24, 2.45) is 0 Å². The van der Waals surface area contributed by atoms with Crippen LogP contribution < -0.4 is 15.1 Å². The van der Waals surface area contributed by atoms with Gasteiger partial charge in [-0.15, -0.1) is 0 Å². The standard InChI is InChI=1S/C16H17F2N3O5S/c17-14(18)15(22)19-9-13-10-21(16(23)26-13)12-3-1-11(2-4-12)20-5-7-27(24,25)8-6-20/h1-5,7,13-14H,6,8-10H2,(H,19,22)/t13-/m0/s1. The number of benzene rings is 1. The number of hydrogen-bond acceptors (Lipinski definition) is 6. The number of hydrogen-bond donors (Lipinski definition) is 1. The summed E-state index contributed by atoms with van der Waals surface area (Å²) in [5, 5.41) is 3.17. The van der Waals surface area contributed by atoms with Gasteiger partial charge in [-0.2, -0.15) is 8.78 Å². The Kier molecular flexibility index (Phi) is 5.31. The lowest BCUT2D eigenvalue weighted by molar-refractivity contribution is -0.132. The molecule has 1 N–H and O–H groups in total. The van der Waals surface area contributed by atoms with Gasteiger partial charge in [0.05, 0.1) is 18.8 Å². The maximum Gasteiger partial charge on any atom is 0.414 e. The first-order chi connectivity index (χ1) is 12.7. The molecule has 146 valence electrons. The largest absolute Gasteiger partial charge is 0.442 e. The smallest absolute Gasteiger partial charge is 0.414 e. The predicted octanol–water partition coefficient (Wildman–Crippen LogP) is 1.10. The molecule has 0 aliphatic carbocycles. The molecule has 27 heavy (non-hydrogen) atoms. The van der Waals surface area contributed by atoms with Gasteiger partial charge < -0.3 is 15.0 Å². The van der Waals surface area contributed by atoms with Gasteiger partial charge in [0.25, 0.3) is 5.91 Å². The molecular weight excluding hydrogens is 384 g/mol. The van der Waals surface area contributed by atoms with Crippen molar-refractivity contribution in [3.05, 3.63) is 35.9 Å². The van der Waals surface area contributed by atoms with Crippen LogP contribution in [0.3, 0.4) is 0 Å². The average Bonchev–Trinajstić information content (AvgIpc) is 3.00. The molecule has 2 amide bonds. The third-order valence-corrected chi connectivity index (χ3v) is 5.42. The highest BCUT2D eigenvalue weighted by atomic mass is 32.2. The van der Waals surface area contributed by atoms with Crippen LogP contribution in [0.1, 0.15) is 0 Å². The maximum absolute atomic E-state index is 12.2. The third-order valence-electron chi connectivity index (χ3n) is 4.13. The SMILES string of the molecule is O=C(NC[C@H]1CN(c2ccc(N3C=CS(=O)(=O)CC3)cc2)C(=O)O1)C(F)F. The topological polar surface area (TPSA) is 96.0 Å². The maximum atomic E-state index is 12.2. The minimum atomic E-state index is -3.14. The van der Waals surface area contributed by atoms with Gasteiger partial charge in [0.1, 0.15) is 6.10 Å². The summed E-state index contributed by atoms with van der Waals surface area (Å²) in [6, 6.07) is 6.81. The Labute approximate surface area is 154 Å². The highest BCUT2D eigenvalue weighted by Gasteiger charge is 2.33. The summed E-state index contributed by atoms with van der Waals surface area (Å²) < 4.78 is 52.3. The summed E-state index contributed by atoms with van der Waals surface area (Å²) in [4.78, 5) is 26.0. The average molecular weight is 401 g/mol. The molecule has 2 aliphatic heterocycles. The van der Waals surface area contributed by atoms with E-state index in [9.17, 15) is 26.8 Å². The predicted molar refractivity (Wildman–Crippen MR) is 93.3 cm³/mol. The number of rotatable bonds is 5. The van der Waals surface area contributed by atoms with Crippen LogP contribution in [0, 0.1) is 0 Å². The Morgan fingerprint density at radius 3 is 2.52 bits per heavy atom. The fraction of sp³-hybridized carbons (Fsp3) is 0.375. The van der Waals surface area contributed by atoms with Crippen molar-refractivity contribution in [3.63, 3.8) is 0 Å². The van der Waals surface area contributed by atoms with Crippen molar-refractivity contribution in [2.45, 2.75) is 12.5 Å². The van der Waals surface area contributed by atoms with Gasteiger partial charge in [0.2, 0.25) is 0 Å². The van der Waals surface area contributed by atoms with Gasteiger partial charge >= 0.3 is 12.5 Å². The lowest BCUT2D eigenvalue weighted by atomic mass is 10.2. The van der Waals surface area contributed by atoms with Crippen molar-refractivity contribution >= 4 is 33.2 Å². The van der Waals surface area contributed by atoms with E-state index in [1.807, 2.05) is 5.32 Å². The molecule has 0 saturated carbocycles. The zero-order valence-electron chi connectivity index (χ0n) is 14.0. The van der Waals surface area contributed by atoms with Crippen LogP contribution in [0.5, 0.6) is 0 Å². The molecule has 0 radical (unpaired) electrons. The highest BCUT2D eigenvalue weighted by Crippen LogP contribution is 2.26. The Balaban J connectivity index is 1.62.